The zero-order valence-corrected chi connectivity index (χ0v) is 12.3. The van der Waals surface area contributed by atoms with E-state index in [4.69, 9.17) is 23.2 Å². The highest BCUT2D eigenvalue weighted by Crippen LogP contribution is 2.26. The zero-order valence-electron chi connectivity index (χ0n) is 9.18. The molecule has 0 bridgehead atoms. The molecule has 5 heteroatoms. The molecule has 2 rings (SSSR count). The van der Waals surface area contributed by atoms with Gasteiger partial charge >= 0.3 is 0 Å². The van der Waals surface area contributed by atoms with Crippen molar-refractivity contribution in [3.63, 3.8) is 0 Å². The highest BCUT2D eigenvalue weighted by Gasteiger charge is 2.06. The topological polar surface area (TPSA) is 12.0 Å². The maximum Gasteiger partial charge on any atom is 0.146 e. The van der Waals surface area contributed by atoms with Crippen LogP contribution in [-0.4, -0.2) is 0 Å². The molecule has 94 valence electrons. The molecule has 1 nitrogen and oxygen atoms in total. The SMILES string of the molecule is Fc1c(Cl)cccc1CNc1ccc(Br)c(Cl)c1. The molecule has 0 amide bonds. The van der Waals surface area contributed by atoms with Crippen LogP contribution in [0, 0.1) is 5.82 Å². The molecule has 0 radical (unpaired) electrons. The molecule has 0 aliphatic rings. The Hall–Kier alpha value is -0.770. The van der Waals surface area contributed by atoms with Gasteiger partial charge in [-0.15, -0.1) is 0 Å². The van der Waals surface area contributed by atoms with E-state index in [-0.39, 0.29) is 5.02 Å². The van der Waals surface area contributed by atoms with Crippen LogP contribution in [0.5, 0.6) is 0 Å². The molecule has 0 saturated carbocycles. The van der Waals surface area contributed by atoms with Crippen molar-refractivity contribution in [1.82, 2.24) is 0 Å². The molecular formula is C13H9BrCl2FN. The van der Waals surface area contributed by atoms with Crippen molar-refractivity contribution in [3.8, 4) is 0 Å². The molecule has 0 saturated heterocycles. The highest BCUT2D eigenvalue weighted by atomic mass is 79.9. The minimum Gasteiger partial charge on any atom is -0.381 e. The molecular weight excluding hydrogens is 340 g/mol. The minimum absolute atomic E-state index is 0.128. The Balaban J connectivity index is 2.11. The summed E-state index contributed by atoms with van der Waals surface area (Å²) >= 11 is 15.0. The van der Waals surface area contributed by atoms with E-state index in [1.165, 1.54) is 6.07 Å². The fraction of sp³-hybridized carbons (Fsp3) is 0.0769. The van der Waals surface area contributed by atoms with E-state index in [1.54, 1.807) is 18.2 Å². The van der Waals surface area contributed by atoms with Crippen LogP contribution in [0.15, 0.2) is 40.9 Å². The van der Waals surface area contributed by atoms with Crippen molar-refractivity contribution < 1.29 is 4.39 Å². The summed E-state index contributed by atoms with van der Waals surface area (Å²) < 4.78 is 14.5. The van der Waals surface area contributed by atoms with Crippen LogP contribution >= 0.6 is 39.1 Å². The molecule has 0 unspecified atom stereocenters. The molecule has 0 spiro atoms. The second-order valence-electron chi connectivity index (χ2n) is 3.70. The molecule has 0 aliphatic heterocycles. The molecule has 0 aromatic heterocycles. The molecule has 2 aromatic carbocycles. The van der Waals surface area contributed by atoms with Crippen molar-refractivity contribution in [1.29, 1.82) is 0 Å². The van der Waals surface area contributed by atoms with Gasteiger partial charge in [0.05, 0.1) is 10.0 Å². The van der Waals surface area contributed by atoms with Gasteiger partial charge in [-0.2, -0.15) is 0 Å². The number of benzene rings is 2. The average Bonchev–Trinajstić information content (AvgIpc) is 2.35. The zero-order chi connectivity index (χ0) is 13.1. The van der Waals surface area contributed by atoms with Crippen molar-refractivity contribution >= 4 is 44.8 Å². The summed E-state index contributed by atoms with van der Waals surface area (Å²) in [7, 11) is 0. The first-order valence-electron chi connectivity index (χ1n) is 5.20. The molecule has 0 aliphatic carbocycles. The van der Waals surface area contributed by atoms with Crippen LogP contribution in [0.4, 0.5) is 10.1 Å². The van der Waals surface area contributed by atoms with Crippen LogP contribution in [0.3, 0.4) is 0 Å². The van der Waals surface area contributed by atoms with E-state index in [1.807, 2.05) is 12.1 Å². The Labute approximate surface area is 123 Å². The van der Waals surface area contributed by atoms with Gasteiger partial charge in [0.25, 0.3) is 0 Å². The molecule has 0 atom stereocenters. The lowest BCUT2D eigenvalue weighted by Crippen LogP contribution is -2.02. The molecule has 0 heterocycles. The Morgan fingerprint density at radius 2 is 1.89 bits per heavy atom. The Bertz CT molecular complexity index is 575. The van der Waals surface area contributed by atoms with E-state index < -0.39 is 5.82 Å². The first-order valence-corrected chi connectivity index (χ1v) is 6.74. The van der Waals surface area contributed by atoms with Gasteiger partial charge in [0.2, 0.25) is 0 Å². The normalized spacial score (nSPS) is 10.4. The van der Waals surface area contributed by atoms with Crippen molar-refractivity contribution in [3.05, 3.63) is 62.3 Å². The van der Waals surface area contributed by atoms with Gasteiger partial charge in [-0.1, -0.05) is 35.3 Å². The van der Waals surface area contributed by atoms with Crippen molar-refractivity contribution in [2.75, 3.05) is 5.32 Å². The maximum atomic E-state index is 13.6. The van der Waals surface area contributed by atoms with Crippen LogP contribution < -0.4 is 5.32 Å². The summed E-state index contributed by atoms with van der Waals surface area (Å²) in [4.78, 5) is 0. The number of nitrogens with one attached hydrogen (secondary N) is 1. The predicted molar refractivity (Wildman–Crippen MR) is 77.9 cm³/mol. The minimum atomic E-state index is -0.394. The molecule has 2 aromatic rings. The molecule has 18 heavy (non-hydrogen) atoms. The molecule has 1 N–H and O–H groups in total. The van der Waals surface area contributed by atoms with Gasteiger partial charge in [-0.05, 0) is 40.2 Å². The Morgan fingerprint density at radius 1 is 1.11 bits per heavy atom. The van der Waals surface area contributed by atoms with Gasteiger partial charge in [-0.25, -0.2) is 4.39 Å². The first-order chi connectivity index (χ1) is 8.58. The fourth-order valence-corrected chi connectivity index (χ4v) is 2.11. The summed E-state index contributed by atoms with van der Waals surface area (Å²) in [5.41, 5.74) is 1.34. The summed E-state index contributed by atoms with van der Waals surface area (Å²) in [5, 5.41) is 3.82. The number of halogens is 4. The van der Waals surface area contributed by atoms with Crippen LogP contribution in [0.2, 0.25) is 10.0 Å². The van der Waals surface area contributed by atoms with E-state index >= 15 is 0 Å². The van der Waals surface area contributed by atoms with Crippen LogP contribution in [0.1, 0.15) is 5.56 Å². The predicted octanol–water partition coefficient (Wildman–Crippen LogP) is 5.51. The third kappa shape index (κ3) is 3.16. The third-order valence-electron chi connectivity index (χ3n) is 2.43. The third-order valence-corrected chi connectivity index (χ3v) is 3.96. The smallest absolute Gasteiger partial charge is 0.146 e. The van der Waals surface area contributed by atoms with E-state index in [0.717, 1.165) is 10.2 Å². The number of hydrogen-bond donors (Lipinski definition) is 1. The highest BCUT2D eigenvalue weighted by molar-refractivity contribution is 9.10. The number of hydrogen-bond acceptors (Lipinski definition) is 1. The van der Waals surface area contributed by atoms with Gasteiger partial charge in [-0.3, -0.25) is 0 Å². The summed E-state index contributed by atoms with van der Waals surface area (Å²) in [6.07, 6.45) is 0. The van der Waals surface area contributed by atoms with E-state index in [2.05, 4.69) is 21.2 Å². The standard InChI is InChI=1S/C13H9BrCl2FN/c14-10-5-4-9(6-12(10)16)18-7-8-2-1-3-11(15)13(8)17/h1-6,18H,7H2. The second kappa shape index (κ2) is 5.91. The van der Waals surface area contributed by atoms with Gasteiger partial charge in [0.1, 0.15) is 5.82 Å². The van der Waals surface area contributed by atoms with Crippen LogP contribution in [0.25, 0.3) is 0 Å². The Kier molecular flexibility index (Phi) is 4.49. The quantitative estimate of drug-likeness (QED) is 0.771. The first kappa shape index (κ1) is 13.7. The number of anilines is 1. The molecule has 0 fully saturated rings. The van der Waals surface area contributed by atoms with E-state index in [0.29, 0.717) is 17.1 Å². The van der Waals surface area contributed by atoms with Gasteiger partial charge in [0, 0.05) is 22.3 Å². The fourth-order valence-electron chi connectivity index (χ4n) is 1.49. The number of rotatable bonds is 3. The van der Waals surface area contributed by atoms with E-state index in [9.17, 15) is 4.39 Å². The summed E-state index contributed by atoms with van der Waals surface area (Å²) in [5.74, 6) is -0.394. The lowest BCUT2D eigenvalue weighted by Gasteiger charge is -2.09. The lowest BCUT2D eigenvalue weighted by molar-refractivity contribution is 0.613. The lowest BCUT2D eigenvalue weighted by atomic mass is 10.2. The average molecular weight is 349 g/mol. The van der Waals surface area contributed by atoms with Gasteiger partial charge < -0.3 is 5.32 Å². The van der Waals surface area contributed by atoms with Crippen LogP contribution in [-0.2, 0) is 6.54 Å². The maximum absolute atomic E-state index is 13.6. The van der Waals surface area contributed by atoms with Gasteiger partial charge in [0.15, 0.2) is 0 Å². The second-order valence-corrected chi connectivity index (χ2v) is 5.36. The van der Waals surface area contributed by atoms with Crippen molar-refractivity contribution in [2.24, 2.45) is 0 Å². The largest absolute Gasteiger partial charge is 0.381 e. The summed E-state index contributed by atoms with van der Waals surface area (Å²) in [6.45, 7) is 0.352. The summed E-state index contributed by atoms with van der Waals surface area (Å²) in [6, 6.07) is 10.4. The van der Waals surface area contributed by atoms with Crippen molar-refractivity contribution in [2.45, 2.75) is 6.54 Å². The Morgan fingerprint density at radius 3 is 2.61 bits per heavy atom. The monoisotopic (exact) mass is 347 g/mol.